The van der Waals surface area contributed by atoms with Gasteiger partial charge in [0.2, 0.25) is 0 Å². The summed E-state index contributed by atoms with van der Waals surface area (Å²) >= 11 is 6.71. The van der Waals surface area contributed by atoms with Crippen LogP contribution in [0.15, 0.2) is 51.6 Å². The Balaban J connectivity index is 0.00000200. The summed E-state index contributed by atoms with van der Waals surface area (Å²) in [5.41, 5.74) is 1.89. The molecule has 1 aromatic rings. The fourth-order valence-electron chi connectivity index (χ4n) is 1.77. The van der Waals surface area contributed by atoms with Crippen LogP contribution in [0.4, 0.5) is 8.78 Å². The normalized spacial score (nSPS) is 14.8. The van der Waals surface area contributed by atoms with Gasteiger partial charge in [-0.25, -0.2) is 8.78 Å². The first-order chi connectivity index (χ1) is 9.00. The van der Waals surface area contributed by atoms with Crippen LogP contribution in [0.5, 0.6) is 0 Å². The zero-order valence-corrected chi connectivity index (χ0v) is 16.4. The zero-order valence-electron chi connectivity index (χ0n) is 10.4. The van der Waals surface area contributed by atoms with Crippen LogP contribution in [0.25, 0.3) is 5.70 Å². The molecule has 2 rings (SSSR count). The Bertz CT molecular complexity index is 570. The maximum Gasteiger partial charge on any atom is 0.256 e. The molecule has 0 amide bonds. The number of halogens is 4. The molecular formula is C14H10Br2F2NY-. The summed E-state index contributed by atoms with van der Waals surface area (Å²) in [7, 11) is 0. The standard InChI is InChI=1S/C14H10Br2F2N.Y/c1-9-11(15)6-7-13(19(9)8-14(17)18)10-4-2-3-5-12(10)16;/h2-6,14H,1,8H2;/q-1;. The minimum absolute atomic E-state index is 0. The van der Waals surface area contributed by atoms with E-state index in [4.69, 9.17) is 0 Å². The molecule has 0 unspecified atom stereocenters. The van der Waals surface area contributed by atoms with Crippen molar-refractivity contribution in [2.75, 3.05) is 6.54 Å². The molecule has 0 atom stereocenters. The summed E-state index contributed by atoms with van der Waals surface area (Å²) in [5.74, 6) is 0. The van der Waals surface area contributed by atoms with Crippen molar-refractivity contribution < 1.29 is 41.5 Å². The molecule has 0 bridgehead atoms. The zero-order chi connectivity index (χ0) is 14.0. The Morgan fingerprint density at radius 3 is 2.50 bits per heavy atom. The number of allylic oxidation sites excluding steroid dienone is 3. The molecule has 6 heteroatoms. The molecule has 20 heavy (non-hydrogen) atoms. The Morgan fingerprint density at radius 2 is 1.90 bits per heavy atom. The van der Waals surface area contributed by atoms with Gasteiger partial charge in [-0.3, -0.25) is 0 Å². The van der Waals surface area contributed by atoms with Crippen LogP contribution < -0.4 is 0 Å². The fraction of sp³-hybridized carbons (Fsp3) is 0.143. The van der Waals surface area contributed by atoms with Crippen LogP contribution in [-0.4, -0.2) is 17.9 Å². The van der Waals surface area contributed by atoms with E-state index in [2.05, 4.69) is 44.5 Å². The largest absolute Gasteiger partial charge is 0.369 e. The smallest absolute Gasteiger partial charge is 0.256 e. The molecule has 0 aliphatic carbocycles. The van der Waals surface area contributed by atoms with Gasteiger partial charge in [0.15, 0.2) is 0 Å². The van der Waals surface area contributed by atoms with E-state index in [1.54, 1.807) is 6.08 Å². The second kappa shape index (κ2) is 7.97. The van der Waals surface area contributed by atoms with E-state index in [0.29, 0.717) is 15.9 Å². The Morgan fingerprint density at radius 1 is 1.25 bits per heavy atom. The van der Waals surface area contributed by atoms with Gasteiger partial charge in [-0.2, -0.15) is 12.2 Å². The Hall–Kier alpha value is 0.164. The summed E-state index contributed by atoms with van der Waals surface area (Å²) < 4.78 is 27.0. The van der Waals surface area contributed by atoms with Gasteiger partial charge in [-0.1, -0.05) is 56.5 Å². The second-order valence-corrected chi connectivity index (χ2v) is 5.62. The summed E-state index contributed by atoms with van der Waals surface area (Å²) in [6.07, 6.45) is 2.27. The monoisotopic (exact) mass is 477 g/mol. The van der Waals surface area contributed by atoms with Crippen molar-refractivity contribution in [3.8, 4) is 0 Å². The van der Waals surface area contributed by atoms with Gasteiger partial charge in [0.1, 0.15) is 0 Å². The quantitative estimate of drug-likeness (QED) is 0.555. The molecule has 0 saturated heterocycles. The molecule has 1 aromatic carbocycles. The van der Waals surface area contributed by atoms with Crippen molar-refractivity contribution >= 4 is 37.6 Å². The topological polar surface area (TPSA) is 3.24 Å². The number of rotatable bonds is 3. The molecule has 0 N–H and O–H groups in total. The van der Waals surface area contributed by atoms with Crippen LogP contribution >= 0.6 is 31.9 Å². The number of nitrogens with zero attached hydrogens (tertiary/aromatic N) is 1. The number of benzene rings is 1. The first kappa shape index (κ1) is 18.2. The summed E-state index contributed by atoms with van der Waals surface area (Å²) in [5, 5.41) is 0. The summed E-state index contributed by atoms with van der Waals surface area (Å²) in [6.45, 7) is 3.43. The maximum atomic E-state index is 12.7. The van der Waals surface area contributed by atoms with E-state index >= 15 is 0 Å². The molecule has 0 spiro atoms. The minimum atomic E-state index is -2.45. The van der Waals surface area contributed by atoms with Gasteiger partial charge in [0.05, 0.1) is 6.54 Å². The van der Waals surface area contributed by atoms with E-state index < -0.39 is 13.0 Å². The van der Waals surface area contributed by atoms with Gasteiger partial charge in [-0.05, 0) is 10.2 Å². The summed E-state index contributed by atoms with van der Waals surface area (Å²) in [4.78, 5) is 1.47. The van der Waals surface area contributed by atoms with Crippen LogP contribution in [0, 0.1) is 6.08 Å². The third kappa shape index (κ3) is 4.09. The van der Waals surface area contributed by atoms with E-state index in [9.17, 15) is 8.78 Å². The Labute approximate surface area is 158 Å². The SMILES string of the molecule is C=C1C(Br)=C[C-]=C(c2ccccc2Br)N1CC(F)F.[Y]. The fourth-order valence-corrected chi connectivity index (χ4v) is 2.57. The first-order valence-corrected chi connectivity index (χ1v) is 7.08. The average molecular weight is 479 g/mol. The predicted octanol–water partition coefficient (Wildman–Crippen LogP) is 4.96. The van der Waals surface area contributed by atoms with Crippen molar-refractivity contribution in [2.24, 2.45) is 0 Å². The van der Waals surface area contributed by atoms with Crippen molar-refractivity contribution in [1.82, 2.24) is 4.90 Å². The van der Waals surface area contributed by atoms with Gasteiger partial charge in [0, 0.05) is 32.7 Å². The minimum Gasteiger partial charge on any atom is -0.369 e. The van der Waals surface area contributed by atoms with E-state index in [-0.39, 0.29) is 32.7 Å². The van der Waals surface area contributed by atoms with E-state index in [1.165, 1.54) is 4.90 Å². The van der Waals surface area contributed by atoms with Gasteiger partial charge in [-0.15, -0.1) is 22.0 Å². The Kier molecular flexibility index (Phi) is 7.26. The number of hydrogen-bond donors (Lipinski definition) is 0. The molecule has 1 nitrogen and oxygen atoms in total. The van der Waals surface area contributed by atoms with Crippen LogP contribution in [-0.2, 0) is 32.7 Å². The van der Waals surface area contributed by atoms with E-state index in [1.807, 2.05) is 24.3 Å². The molecule has 1 aliphatic heterocycles. The van der Waals surface area contributed by atoms with Crippen molar-refractivity contribution in [2.45, 2.75) is 6.43 Å². The molecule has 1 heterocycles. The molecule has 103 valence electrons. The second-order valence-electron chi connectivity index (χ2n) is 3.91. The van der Waals surface area contributed by atoms with Crippen LogP contribution in [0.3, 0.4) is 0 Å². The summed E-state index contributed by atoms with van der Waals surface area (Å²) in [6, 6.07) is 7.44. The van der Waals surface area contributed by atoms with Crippen LogP contribution in [0.1, 0.15) is 5.56 Å². The molecule has 0 fully saturated rings. The molecular weight excluding hydrogens is 469 g/mol. The molecule has 0 saturated carbocycles. The van der Waals surface area contributed by atoms with Gasteiger partial charge < -0.3 is 4.90 Å². The molecule has 1 radical (unpaired) electrons. The third-order valence-electron chi connectivity index (χ3n) is 2.66. The predicted molar refractivity (Wildman–Crippen MR) is 79.7 cm³/mol. The van der Waals surface area contributed by atoms with Crippen molar-refractivity contribution in [3.05, 3.63) is 63.2 Å². The van der Waals surface area contributed by atoms with Gasteiger partial charge in [0.25, 0.3) is 6.43 Å². The first-order valence-electron chi connectivity index (χ1n) is 5.49. The molecule has 1 aliphatic rings. The van der Waals surface area contributed by atoms with Crippen molar-refractivity contribution in [3.63, 3.8) is 0 Å². The maximum absolute atomic E-state index is 12.7. The van der Waals surface area contributed by atoms with Crippen LogP contribution in [0.2, 0.25) is 0 Å². The number of alkyl halides is 2. The van der Waals surface area contributed by atoms with Crippen molar-refractivity contribution in [1.29, 1.82) is 0 Å². The van der Waals surface area contributed by atoms with Gasteiger partial charge >= 0.3 is 0 Å². The third-order valence-corrected chi connectivity index (χ3v) is 4.03. The van der Waals surface area contributed by atoms with E-state index in [0.717, 1.165) is 10.0 Å². The average Bonchev–Trinajstić information content (AvgIpc) is 2.36. The molecule has 0 aromatic heterocycles. The number of hydrogen-bond acceptors (Lipinski definition) is 1.